The Morgan fingerprint density at radius 3 is 2.38 bits per heavy atom. The van der Waals surface area contributed by atoms with Gasteiger partial charge >= 0.3 is 6.09 Å². The fourth-order valence-electron chi connectivity index (χ4n) is 2.12. The van der Waals surface area contributed by atoms with Crippen LogP contribution in [0.5, 0.6) is 0 Å². The third-order valence-corrected chi connectivity index (χ3v) is 4.31. The lowest BCUT2D eigenvalue weighted by Crippen LogP contribution is -2.59. The van der Waals surface area contributed by atoms with Crippen LogP contribution >= 0.6 is 0 Å². The maximum Gasteiger partial charge on any atom is 0.407 e. The molecule has 1 saturated heterocycles. The standard InChI is InChI=1S/C13H25NO11S/c15-7-8-9(16)10(17)11(18)12(25-8)23-4-2-5-24-13(19)14-3-1-6-26(20,21)22/h8-12,15-18H,1-7H2,(H,14,19)(H,20,21,22)/t8-,9-,10+,11-,12-/m1/s1. The summed E-state index contributed by atoms with van der Waals surface area (Å²) in [5, 5.41) is 40.3. The van der Waals surface area contributed by atoms with Crippen LogP contribution in [-0.2, 0) is 24.3 Å². The molecule has 1 aliphatic rings. The summed E-state index contributed by atoms with van der Waals surface area (Å²) in [5.41, 5.74) is 0. The van der Waals surface area contributed by atoms with Crippen molar-refractivity contribution < 1.29 is 52.4 Å². The van der Waals surface area contributed by atoms with Crippen LogP contribution in [0.15, 0.2) is 0 Å². The average Bonchev–Trinajstić information content (AvgIpc) is 2.57. The van der Waals surface area contributed by atoms with Gasteiger partial charge in [0.15, 0.2) is 6.29 Å². The summed E-state index contributed by atoms with van der Waals surface area (Å²) in [5.74, 6) is -0.472. The van der Waals surface area contributed by atoms with Crippen LogP contribution in [0.1, 0.15) is 12.8 Å². The van der Waals surface area contributed by atoms with Crippen LogP contribution in [0.4, 0.5) is 4.79 Å². The van der Waals surface area contributed by atoms with Crippen LogP contribution in [0.3, 0.4) is 0 Å². The molecule has 26 heavy (non-hydrogen) atoms. The number of carbonyl (C=O) groups excluding carboxylic acids is 1. The molecule has 0 unspecified atom stereocenters. The monoisotopic (exact) mass is 403 g/mol. The second-order valence-corrected chi connectivity index (χ2v) is 7.20. The zero-order chi connectivity index (χ0) is 19.7. The molecule has 154 valence electrons. The molecule has 1 heterocycles. The Hall–Kier alpha value is -1.06. The molecule has 0 spiro atoms. The van der Waals surface area contributed by atoms with Gasteiger partial charge in [-0.2, -0.15) is 8.42 Å². The number of hydrogen-bond acceptors (Lipinski definition) is 10. The molecule has 1 amide bonds. The molecule has 0 aromatic heterocycles. The number of carbonyl (C=O) groups is 1. The van der Waals surface area contributed by atoms with Crippen molar-refractivity contribution in [2.45, 2.75) is 43.5 Å². The van der Waals surface area contributed by atoms with Gasteiger partial charge < -0.3 is 40.0 Å². The Morgan fingerprint density at radius 1 is 1.08 bits per heavy atom. The SMILES string of the molecule is O=C(NCCCS(=O)(=O)O)OCCCO[C@@H]1O[C@H](CO)[C@@H](O)[C@H](O)[C@H]1O. The van der Waals surface area contributed by atoms with Gasteiger partial charge in [0.25, 0.3) is 10.1 Å². The van der Waals surface area contributed by atoms with Crippen molar-refractivity contribution >= 4 is 16.2 Å². The van der Waals surface area contributed by atoms with Crippen LogP contribution in [-0.4, -0.2) is 102 Å². The van der Waals surface area contributed by atoms with Crippen LogP contribution in [0.2, 0.25) is 0 Å². The van der Waals surface area contributed by atoms with Crippen molar-refractivity contribution in [3.63, 3.8) is 0 Å². The first kappa shape index (κ1) is 23.0. The molecule has 6 N–H and O–H groups in total. The van der Waals surface area contributed by atoms with Gasteiger partial charge in [-0.15, -0.1) is 0 Å². The number of rotatable bonds is 10. The molecule has 12 nitrogen and oxygen atoms in total. The van der Waals surface area contributed by atoms with E-state index in [1.807, 2.05) is 0 Å². The summed E-state index contributed by atoms with van der Waals surface area (Å²) in [6, 6.07) is 0. The number of ether oxygens (including phenoxy) is 3. The molecule has 1 rings (SSSR count). The molecule has 0 aliphatic carbocycles. The highest BCUT2D eigenvalue weighted by molar-refractivity contribution is 7.85. The van der Waals surface area contributed by atoms with E-state index in [-0.39, 0.29) is 32.6 Å². The van der Waals surface area contributed by atoms with E-state index >= 15 is 0 Å². The van der Waals surface area contributed by atoms with Gasteiger partial charge in [-0.25, -0.2) is 4.79 Å². The molecule has 0 saturated carbocycles. The minimum atomic E-state index is -4.07. The van der Waals surface area contributed by atoms with Crippen molar-refractivity contribution in [3.05, 3.63) is 0 Å². The van der Waals surface area contributed by atoms with Gasteiger partial charge in [0.1, 0.15) is 24.4 Å². The normalized spacial score (nSPS) is 29.3. The first-order valence-corrected chi connectivity index (χ1v) is 9.54. The Bertz CT molecular complexity index is 526. The van der Waals surface area contributed by atoms with Gasteiger partial charge in [0.2, 0.25) is 0 Å². The average molecular weight is 403 g/mol. The third-order valence-electron chi connectivity index (χ3n) is 3.50. The summed E-state index contributed by atoms with van der Waals surface area (Å²) in [4.78, 5) is 11.3. The molecule has 1 aliphatic heterocycles. The summed E-state index contributed by atoms with van der Waals surface area (Å²) >= 11 is 0. The Labute approximate surface area is 150 Å². The number of hydrogen-bond donors (Lipinski definition) is 6. The predicted molar refractivity (Wildman–Crippen MR) is 84.7 cm³/mol. The van der Waals surface area contributed by atoms with Gasteiger partial charge in [0, 0.05) is 13.0 Å². The van der Waals surface area contributed by atoms with Crippen molar-refractivity contribution in [2.24, 2.45) is 0 Å². The Balaban J connectivity index is 2.15. The molecule has 1 fully saturated rings. The van der Waals surface area contributed by atoms with E-state index in [1.165, 1.54) is 0 Å². The number of alkyl carbamates (subject to hydrolysis) is 1. The number of nitrogens with one attached hydrogen (secondary N) is 1. The van der Waals surface area contributed by atoms with Gasteiger partial charge in [-0.05, 0) is 6.42 Å². The number of amides is 1. The lowest BCUT2D eigenvalue weighted by atomic mass is 9.99. The smallest absolute Gasteiger partial charge is 0.407 e. The van der Waals surface area contributed by atoms with Gasteiger partial charge in [-0.3, -0.25) is 4.55 Å². The Kier molecular flexibility index (Phi) is 9.67. The van der Waals surface area contributed by atoms with E-state index in [2.05, 4.69) is 5.32 Å². The van der Waals surface area contributed by atoms with Crippen LogP contribution < -0.4 is 5.32 Å². The topological polar surface area (TPSA) is 192 Å². The van der Waals surface area contributed by atoms with E-state index in [1.54, 1.807) is 0 Å². The zero-order valence-corrected chi connectivity index (χ0v) is 14.7. The van der Waals surface area contributed by atoms with E-state index in [0.717, 1.165) is 0 Å². The fourth-order valence-corrected chi connectivity index (χ4v) is 2.63. The predicted octanol–water partition coefficient (Wildman–Crippen LogP) is -2.80. The summed E-state index contributed by atoms with van der Waals surface area (Å²) in [6.07, 6.45) is -7.32. The van der Waals surface area contributed by atoms with E-state index in [0.29, 0.717) is 0 Å². The second-order valence-electron chi connectivity index (χ2n) is 5.62. The first-order chi connectivity index (χ1) is 12.2. The molecular formula is C13H25NO11S. The molecule has 0 aromatic rings. The minimum absolute atomic E-state index is 0.00126. The van der Waals surface area contributed by atoms with E-state index in [9.17, 15) is 28.5 Å². The van der Waals surface area contributed by atoms with Gasteiger partial charge in [-0.1, -0.05) is 0 Å². The molecule has 5 atom stereocenters. The maximum absolute atomic E-state index is 11.3. The van der Waals surface area contributed by atoms with Crippen molar-refractivity contribution in [2.75, 3.05) is 32.1 Å². The Morgan fingerprint density at radius 2 is 1.77 bits per heavy atom. The van der Waals surface area contributed by atoms with Crippen LogP contribution in [0.25, 0.3) is 0 Å². The quantitative estimate of drug-likeness (QED) is 0.163. The van der Waals surface area contributed by atoms with Gasteiger partial charge in [0.05, 0.1) is 25.6 Å². The highest BCUT2D eigenvalue weighted by Crippen LogP contribution is 2.21. The minimum Gasteiger partial charge on any atom is -0.449 e. The number of aliphatic hydroxyl groups is 4. The summed E-state index contributed by atoms with van der Waals surface area (Å²) in [6.45, 7) is -0.591. The largest absolute Gasteiger partial charge is 0.449 e. The highest BCUT2D eigenvalue weighted by Gasteiger charge is 2.43. The molecule has 0 aromatic carbocycles. The lowest BCUT2D eigenvalue weighted by molar-refractivity contribution is -0.301. The zero-order valence-electron chi connectivity index (χ0n) is 13.9. The maximum atomic E-state index is 11.3. The van der Waals surface area contributed by atoms with E-state index in [4.69, 9.17) is 23.9 Å². The lowest BCUT2D eigenvalue weighted by Gasteiger charge is -2.39. The molecule has 0 bridgehead atoms. The van der Waals surface area contributed by atoms with Crippen LogP contribution in [0, 0.1) is 0 Å². The second kappa shape index (κ2) is 10.9. The third kappa shape index (κ3) is 8.09. The summed E-state index contributed by atoms with van der Waals surface area (Å²) in [7, 11) is -4.07. The van der Waals surface area contributed by atoms with Crippen molar-refractivity contribution in [1.29, 1.82) is 0 Å². The van der Waals surface area contributed by atoms with Crippen molar-refractivity contribution in [1.82, 2.24) is 5.32 Å². The fraction of sp³-hybridized carbons (Fsp3) is 0.923. The molecule has 13 heteroatoms. The first-order valence-electron chi connectivity index (χ1n) is 7.93. The summed E-state index contributed by atoms with van der Waals surface area (Å²) < 4.78 is 44.6. The number of aliphatic hydroxyl groups excluding tert-OH is 4. The molecule has 0 radical (unpaired) electrons. The van der Waals surface area contributed by atoms with Crippen molar-refractivity contribution in [3.8, 4) is 0 Å². The van der Waals surface area contributed by atoms with E-state index < -0.39 is 59.3 Å². The highest BCUT2D eigenvalue weighted by atomic mass is 32.2. The molecular weight excluding hydrogens is 378 g/mol.